The number of rotatable bonds is 10. The van der Waals surface area contributed by atoms with Crippen LogP contribution in [0.2, 0.25) is 0 Å². The standard InChI is InChI=1S/C24H30O5/c1-2-3-4-5-6-7-8-9-10-11-16-17-12-19(25)21(27)14-23(17)29-24-15-22(28)20(26)13-18(16)24/h12-15,25-27H,2-11H2,1H3. The van der Waals surface area contributed by atoms with Gasteiger partial charge in [0.25, 0.3) is 0 Å². The first-order valence-electron chi connectivity index (χ1n) is 10.7. The molecule has 1 aliphatic carbocycles. The van der Waals surface area contributed by atoms with Gasteiger partial charge in [0, 0.05) is 23.1 Å². The van der Waals surface area contributed by atoms with Gasteiger partial charge in [-0.2, -0.15) is 0 Å². The van der Waals surface area contributed by atoms with Crippen molar-refractivity contribution in [1.29, 1.82) is 0 Å². The molecule has 0 amide bonds. The number of hydrogen-bond donors (Lipinski definition) is 3. The first kappa shape index (κ1) is 21.0. The van der Waals surface area contributed by atoms with Crippen molar-refractivity contribution in [1.82, 2.24) is 0 Å². The molecule has 0 fully saturated rings. The molecule has 1 aromatic rings. The molecule has 0 saturated heterocycles. The van der Waals surface area contributed by atoms with Crippen LogP contribution in [0.25, 0.3) is 22.3 Å². The normalized spacial score (nSPS) is 11.5. The van der Waals surface area contributed by atoms with Crippen molar-refractivity contribution < 1.29 is 19.7 Å². The molecule has 0 unspecified atom stereocenters. The Morgan fingerprint density at radius 2 is 1.38 bits per heavy atom. The third kappa shape index (κ3) is 5.03. The van der Waals surface area contributed by atoms with E-state index in [2.05, 4.69) is 6.92 Å². The van der Waals surface area contributed by atoms with E-state index in [0.29, 0.717) is 22.3 Å². The molecule has 5 heteroatoms. The van der Waals surface area contributed by atoms with Crippen LogP contribution in [0.3, 0.4) is 0 Å². The maximum absolute atomic E-state index is 11.8. The van der Waals surface area contributed by atoms with Crippen molar-refractivity contribution in [3.05, 3.63) is 40.1 Å². The number of fused-ring (bicyclic) bond motifs is 2. The molecule has 156 valence electrons. The Labute approximate surface area is 171 Å². The number of unbranched alkanes of at least 4 members (excludes halogenated alkanes) is 8. The first-order valence-corrected chi connectivity index (χ1v) is 10.7. The lowest BCUT2D eigenvalue weighted by atomic mass is 9.94. The van der Waals surface area contributed by atoms with Crippen LogP contribution in [0.1, 0.15) is 70.3 Å². The third-order valence-electron chi connectivity index (χ3n) is 5.54. The molecule has 0 atom stereocenters. The number of benzene rings is 2. The third-order valence-corrected chi connectivity index (χ3v) is 5.54. The van der Waals surface area contributed by atoms with Crippen LogP contribution in [-0.2, 0) is 6.42 Å². The highest BCUT2D eigenvalue weighted by Gasteiger charge is 2.19. The van der Waals surface area contributed by atoms with Gasteiger partial charge < -0.3 is 19.7 Å². The van der Waals surface area contributed by atoms with E-state index in [1.807, 2.05) is 0 Å². The summed E-state index contributed by atoms with van der Waals surface area (Å²) >= 11 is 0. The molecule has 0 aromatic heterocycles. The highest BCUT2D eigenvalue weighted by atomic mass is 16.3. The molecule has 2 aliphatic rings. The van der Waals surface area contributed by atoms with E-state index in [0.717, 1.165) is 24.8 Å². The lowest BCUT2D eigenvalue weighted by Gasteiger charge is -2.15. The zero-order chi connectivity index (χ0) is 20.8. The molecular formula is C24H30O5. The van der Waals surface area contributed by atoms with Crippen LogP contribution in [0.15, 0.2) is 33.5 Å². The van der Waals surface area contributed by atoms with Crippen molar-refractivity contribution in [3.63, 3.8) is 0 Å². The number of phenolic OH excluding ortho intramolecular Hbond substituents is 3. The number of aryl methyl sites for hydroxylation is 1. The van der Waals surface area contributed by atoms with Gasteiger partial charge in [0.1, 0.15) is 11.3 Å². The van der Waals surface area contributed by atoms with Gasteiger partial charge in [-0.1, -0.05) is 58.3 Å². The minimum Gasteiger partial charge on any atom is -0.504 e. The minimum atomic E-state index is -0.502. The van der Waals surface area contributed by atoms with Crippen molar-refractivity contribution in [2.75, 3.05) is 0 Å². The van der Waals surface area contributed by atoms with Crippen molar-refractivity contribution in [3.8, 4) is 28.6 Å². The lowest BCUT2D eigenvalue weighted by molar-refractivity contribution is 0.403. The number of phenols is 3. The van der Waals surface area contributed by atoms with Crippen LogP contribution in [0.5, 0.6) is 17.2 Å². The molecule has 1 aromatic carbocycles. The summed E-state index contributed by atoms with van der Waals surface area (Å²) in [4.78, 5) is 11.8. The monoisotopic (exact) mass is 398 g/mol. The molecule has 0 bridgehead atoms. The molecular weight excluding hydrogens is 368 g/mol. The van der Waals surface area contributed by atoms with E-state index in [4.69, 9.17) is 4.42 Å². The van der Waals surface area contributed by atoms with E-state index in [1.165, 1.54) is 69.2 Å². The van der Waals surface area contributed by atoms with Crippen molar-refractivity contribution in [2.24, 2.45) is 0 Å². The number of hydrogen-bond acceptors (Lipinski definition) is 5. The summed E-state index contributed by atoms with van der Waals surface area (Å²) in [5.41, 5.74) is 1.48. The van der Waals surface area contributed by atoms with E-state index in [-0.39, 0.29) is 17.2 Å². The largest absolute Gasteiger partial charge is 0.504 e. The summed E-state index contributed by atoms with van der Waals surface area (Å²) in [6.45, 7) is 2.23. The molecule has 3 rings (SSSR count). The van der Waals surface area contributed by atoms with E-state index in [9.17, 15) is 20.1 Å². The predicted molar refractivity (Wildman–Crippen MR) is 115 cm³/mol. The maximum Gasteiger partial charge on any atom is 0.223 e. The highest BCUT2D eigenvalue weighted by Crippen LogP contribution is 2.39. The second kappa shape index (κ2) is 9.68. The Bertz CT molecular complexity index is 989. The summed E-state index contributed by atoms with van der Waals surface area (Å²) in [7, 11) is 0. The molecule has 1 aliphatic heterocycles. The van der Waals surface area contributed by atoms with Gasteiger partial charge in [0.15, 0.2) is 17.2 Å². The van der Waals surface area contributed by atoms with Gasteiger partial charge in [0.2, 0.25) is 5.43 Å². The molecule has 0 saturated carbocycles. The molecule has 29 heavy (non-hydrogen) atoms. The SMILES string of the molecule is CCCCCCCCCCCc1c2cc(O)c(=O)cc-2oc2cc(O)c(O)cc12. The van der Waals surface area contributed by atoms with E-state index < -0.39 is 5.43 Å². The Hall–Kier alpha value is -2.69. The second-order valence-corrected chi connectivity index (χ2v) is 7.81. The topological polar surface area (TPSA) is 90.9 Å². The molecule has 5 nitrogen and oxygen atoms in total. The summed E-state index contributed by atoms with van der Waals surface area (Å²) in [6, 6.07) is 5.56. The fraction of sp³-hybridized carbons (Fsp3) is 0.458. The van der Waals surface area contributed by atoms with Crippen LogP contribution in [0, 0.1) is 0 Å². The summed E-state index contributed by atoms with van der Waals surface area (Å²) in [5.74, 6) is -0.430. The summed E-state index contributed by atoms with van der Waals surface area (Å²) in [5, 5.41) is 30.4. The van der Waals surface area contributed by atoms with Gasteiger partial charge in [-0.25, -0.2) is 0 Å². The summed E-state index contributed by atoms with van der Waals surface area (Å²) in [6.07, 6.45) is 11.7. The van der Waals surface area contributed by atoms with Gasteiger partial charge in [-0.05, 0) is 30.5 Å². The first-order chi connectivity index (χ1) is 14.0. The highest BCUT2D eigenvalue weighted by molar-refractivity contribution is 5.90. The lowest BCUT2D eigenvalue weighted by Crippen LogP contribution is -2.03. The van der Waals surface area contributed by atoms with E-state index >= 15 is 0 Å². The fourth-order valence-electron chi connectivity index (χ4n) is 3.89. The minimum absolute atomic E-state index is 0.218. The molecule has 3 N–H and O–H groups in total. The van der Waals surface area contributed by atoms with E-state index in [1.54, 1.807) is 0 Å². The number of aromatic hydroxyl groups is 3. The van der Waals surface area contributed by atoms with Gasteiger partial charge in [-0.15, -0.1) is 0 Å². The molecule has 0 radical (unpaired) electrons. The average molecular weight is 398 g/mol. The Balaban J connectivity index is 1.77. The van der Waals surface area contributed by atoms with Gasteiger partial charge >= 0.3 is 0 Å². The van der Waals surface area contributed by atoms with Crippen molar-refractivity contribution >= 4 is 11.0 Å². The smallest absolute Gasteiger partial charge is 0.223 e. The van der Waals surface area contributed by atoms with Crippen LogP contribution in [-0.4, -0.2) is 15.3 Å². The molecule has 0 spiro atoms. The Morgan fingerprint density at radius 3 is 2.07 bits per heavy atom. The predicted octanol–water partition coefficient (Wildman–Crippen LogP) is 6.09. The van der Waals surface area contributed by atoms with Crippen LogP contribution < -0.4 is 5.43 Å². The van der Waals surface area contributed by atoms with Gasteiger partial charge in [-0.3, -0.25) is 4.79 Å². The van der Waals surface area contributed by atoms with Crippen LogP contribution >= 0.6 is 0 Å². The second-order valence-electron chi connectivity index (χ2n) is 7.81. The zero-order valence-electron chi connectivity index (χ0n) is 17.0. The molecule has 1 heterocycles. The van der Waals surface area contributed by atoms with Gasteiger partial charge in [0.05, 0.1) is 0 Å². The summed E-state index contributed by atoms with van der Waals surface area (Å²) < 4.78 is 5.77. The zero-order valence-corrected chi connectivity index (χ0v) is 17.0. The van der Waals surface area contributed by atoms with Crippen molar-refractivity contribution in [2.45, 2.75) is 71.1 Å². The fourth-order valence-corrected chi connectivity index (χ4v) is 3.89. The maximum atomic E-state index is 11.8. The Kier molecular flexibility index (Phi) is 7.02. The van der Waals surface area contributed by atoms with Crippen LogP contribution in [0.4, 0.5) is 0 Å². The quantitative estimate of drug-likeness (QED) is 0.218. The average Bonchev–Trinajstić information content (AvgIpc) is 2.69. The Morgan fingerprint density at radius 1 is 0.759 bits per heavy atom.